The lowest BCUT2D eigenvalue weighted by Gasteiger charge is -2.19. The van der Waals surface area contributed by atoms with E-state index in [9.17, 15) is 4.39 Å². The standard InChI is InChI=1S/C17H19ClFNO/c1-3-21-11-14-6-4-5-7-17(14)20-12(2)13-8-9-16(19)15(18)10-13/h4-10,12,20H,3,11H2,1-2H3. The molecule has 4 heteroatoms. The van der Waals surface area contributed by atoms with Crippen molar-refractivity contribution in [2.45, 2.75) is 26.5 Å². The molecule has 2 aromatic rings. The number of rotatable bonds is 6. The summed E-state index contributed by atoms with van der Waals surface area (Å²) in [7, 11) is 0. The van der Waals surface area contributed by atoms with Gasteiger partial charge in [-0.05, 0) is 37.6 Å². The van der Waals surface area contributed by atoms with Crippen molar-refractivity contribution in [3.63, 3.8) is 0 Å². The largest absolute Gasteiger partial charge is 0.378 e. The average Bonchev–Trinajstić information content (AvgIpc) is 2.49. The van der Waals surface area contributed by atoms with E-state index in [1.54, 1.807) is 12.1 Å². The molecule has 0 heterocycles. The Hall–Kier alpha value is -1.58. The Morgan fingerprint density at radius 2 is 2.00 bits per heavy atom. The molecule has 0 radical (unpaired) electrons. The molecular formula is C17H19ClFNO. The minimum Gasteiger partial charge on any atom is -0.378 e. The summed E-state index contributed by atoms with van der Waals surface area (Å²) in [5.74, 6) is -0.399. The molecule has 0 spiro atoms. The van der Waals surface area contributed by atoms with E-state index in [4.69, 9.17) is 16.3 Å². The molecule has 0 aromatic heterocycles. The zero-order valence-corrected chi connectivity index (χ0v) is 13.0. The molecule has 1 atom stereocenters. The molecule has 112 valence electrons. The summed E-state index contributed by atoms with van der Waals surface area (Å²) in [5.41, 5.74) is 3.05. The monoisotopic (exact) mass is 307 g/mol. The molecule has 0 bridgehead atoms. The lowest BCUT2D eigenvalue weighted by atomic mass is 10.1. The van der Waals surface area contributed by atoms with E-state index in [2.05, 4.69) is 5.32 Å². The summed E-state index contributed by atoms with van der Waals surface area (Å²) >= 11 is 5.84. The molecule has 21 heavy (non-hydrogen) atoms. The highest BCUT2D eigenvalue weighted by atomic mass is 35.5. The Kier molecular flexibility index (Phi) is 5.59. The minimum absolute atomic E-state index is 0.0193. The van der Waals surface area contributed by atoms with E-state index in [1.165, 1.54) is 6.07 Å². The van der Waals surface area contributed by atoms with Gasteiger partial charge in [-0.2, -0.15) is 0 Å². The lowest BCUT2D eigenvalue weighted by molar-refractivity contribution is 0.134. The number of halogens is 2. The van der Waals surface area contributed by atoms with Gasteiger partial charge >= 0.3 is 0 Å². The molecule has 2 rings (SSSR count). The van der Waals surface area contributed by atoms with Gasteiger partial charge in [-0.15, -0.1) is 0 Å². The normalized spacial score (nSPS) is 12.2. The SMILES string of the molecule is CCOCc1ccccc1NC(C)c1ccc(F)c(Cl)c1. The van der Waals surface area contributed by atoms with Gasteiger partial charge in [0, 0.05) is 23.9 Å². The minimum atomic E-state index is -0.399. The van der Waals surface area contributed by atoms with Crippen LogP contribution in [0.4, 0.5) is 10.1 Å². The summed E-state index contributed by atoms with van der Waals surface area (Å²) in [6, 6.07) is 12.8. The van der Waals surface area contributed by atoms with Crippen molar-refractivity contribution in [2.24, 2.45) is 0 Å². The summed E-state index contributed by atoms with van der Waals surface area (Å²) in [6.07, 6.45) is 0. The molecule has 0 saturated carbocycles. The molecule has 0 amide bonds. The highest BCUT2D eigenvalue weighted by Gasteiger charge is 2.10. The second-order valence-corrected chi connectivity index (χ2v) is 5.24. The molecule has 2 nitrogen and oxygen atoms in total. The molecule has 0 aliphatic rings. The van der Waals surface area contributed by atoms with Crippen LogP contribution in [0.3, 0.4) is 0 Å². The maximum Gasteiger partial charge on any atom is 0.141 e. The van der Waals surface area contributed by atoms with Crippen molar-refractivity contribution in [3.05, 3.63) is 64.4 Å². The predicted octanol–water partition coefficient (Wildman–Crippen LogP) is 5.19. The topological polar surface area (TPSA) is 21.3 Å². The smallest absolute Gasteiger partial charge is 0.141 e. The summed E-state index contributed by atoms with van der Waals surface area (Å²) < 4.78 is 18.7. The Bertz CT molecular complexity index is 603. The number of anilines is 1. The first-order valence-corrected chi connectivity index (χ1v) is 7.36. The zero-order chi connectivity index (χ0) is 15.2. The van der Waals surface area contributed by atoms with Crippen LogP contribution >= 0.6 is 11.6 Å². The molecule has 0 aliphatic heterocycles. The maximum atomic E-state index is 13.2. The number of nitrogens with one attached hydrogen (secondary N) is 1. The van der Waals surface area contributed by atoms with Crippen LogP contribution in [0.25, 0.3) is 0 Å². The van der Waals surface area contributed by atoms with E-state index in [0.717, 1.165) is 16.8 Å². The van der Waals surface area contributed by atoms with Crippen molar-refractivity contribution in [3.8, 4) is 0 Å². The van der Waals surface area contributed by atoms with Crippen molar-refractivity contribution in [1.29, 1.82) is 0 Å². The molecule has 0 aliphatic carbocycles. The molecule has 0 saturated heterocycles. The number of para-hydroxylation sites is 1. The third-order valence-corrected chi connectivity index (χ3v) is 3.58. The molecule has 1 N–H and O–H groups in total. The van der Waals surface area contributed by atoms with E-state index in [-0.39, 0.29) is 11.1 Å². The van der Waals surface area contributed by atoms with Gasteiger partial charge in [0.15, 0.2) is 0 Å². The first kappa shape index (κ1) is 15.8. The Morgan fingerprint density at radius 3 is 2.71 bits per heavy atom. The Balaban J connectivity index is 2.15. The van der Waals surface area contributed by atoms with Gasteiger partial charge < -0.3 is 10.1 Å². The van der Waals surface area contributed by atoms with Gasteiger partial charge in [-0.25, -0.2) is 4.39 Å². The highest BCUT2D eigenvalue weighted by Crippen LogP contribution is 2.25. The fourth-order valence-electron chi connectivity index (χ4n) is 2.10. The highest BCUT2D eigenvalue weighted by molar-refractivity contribution is 6.30. The zero-order valence-electron chi connectivity index (χ0n) is 12.2. The first-order valence-electron chi connectivity index (χ1n) is 6.99. The van der Waals surface area contributed by atoms with Crippen LogP contribution in [0, 0.1) is 5.82 Å². The van der Waals surface area contributed by atoms with Gasteiger partial charge in [-0.3, -0.25) is 0 Å². The fourth-order valence-corrected chi connectivity index (χ4v) is 2.29. The van der Waals surface area contributed by atoms with Crippen LogP contribution in [-0.4, -0.2) is 6.61 Å². The van der Waals surface area contributed by atoms with Gasteiger partial charge in [0.1, 0.15) is 5.82 Å². The molecule has 1 unspecified atom stereocenters. The van der Waals surface area contributed by atoms with Crippen molar-refractivity contribution >= 4 is 17.3 Å². The first-order chi connectivity index (χ1) is 10.1. The van der Waals surface area contributed by atoms with Crippen LogP contribution < -0.4 is 5.32 Å². The summed E-state index contributed by atoms with van der Waals surface area (Å²) in [6.45, 7) is 5.23. The Labute approximate surface area is 129 Å². The van der Waals surface area contributed by atoms with Gasteiger partial charge in [-0.1, -0.05) is 35.9 Å². The van der Waals surface area contributed by atoms with Gasteiger partial charge in [0.2, 0.25) is 0 Å². The van der Waals surface area contributed by atoms with E-state index < -0.39 is 5.82 Å². The Morgan fingerprint density at radius 1 is 1.24 bits per heavy atom. The van der Waals surface area contributed by atoms with Gasteiger partial charge in [0.25, 0.3) is 0 Å². The summed E-state index contributed by atoms with van der Waals surface area (Å²) in [5, 5.41) is 3.56. The van der Waals surface area contributed by atoms with E-state index >= 15 is 0 Å². The van der Waals surface area contributed by atoms with Crippen LogP contribution in [0.15, 0.2) is 42.5 Å². The third kappa shape index (κ3) is 4.19. The van der Waals surface area contributed by atoms with Crippen molar-refractivity contribution in [2.75, 3.05) is 11.9 Å². The molecular weight excluding hydrogens is 289 g/mol. The fraction of sp³-hybridized carbons (Fsp3) is 0.294. The molecule has 2 aromatic carbocycles. The maximum absolute atomic E-state index is 13.2. The van der Waals surface area contributed by atoms with Crippen LogP contribution in [0.5, 0.6) is 0 Å². The second-order valence-electron chi connectivity index (χ2n) is 4.83. The van der Waals surface area contributed by atoms with Crippen LogP contribution in [0.1, 0.15) is 31.0 Å². The lowest BCUT2D eigenvalue weighted by Crippen LogP contribution is -2.09. The second kappa shape index (κ2) is 7.43. The predicted molar refractivity (Wildman–Crippen MR) is 85.2 cm³/mol. The van der Waals surface area contributed by atoms with E-state index in [1.807, 2.05) is 38.1 Å². The van der Waals surface area contributed by atoms with Crippen molar-refractivity contribution < 1.29 is 9.13 Å². The number of hydrogen-bond donors (Lipinski definition) is 1. The number of benzene rings is 2. The molecule has 0 fully saturated rings. The van der Waals surface area contributed by atoms with E-state index in [0.29, 0.717) is 13.2 Å². The average molecular weight is 308 g/mol. The quantitative estimate of drug-likeness (QED) is 0.793. The summed E-state index contributed by atoms with van der Waals surface area (Å²) in [4.78, 5) is 0. The number of ether oxygens (including phenoxy) is 1. The van der Waals surface area contributed by atoms with Crippen LogP contribution in [-0.2, 0) is 11.3 Å². The van der Waals surface area contributed by atoms with Crippen molar-refractivity contribution in [1.82, 2.24) is 0 Å². The van der Waals surface area contributed by atoms with Gasteiger partial charge in [0.05, 0.1) is 11.6 Å². The third-order valence-electron chi connectivity index (χ3n) is 3.29. The number of hydrogen-bond acceptors (Lipinski definition) is 2. The van der Waals surface area contributed by atoms with Crippen LogP contribution in [0.2, 0.25) is 5.02 Å².